The number of fused-ring (bicyclic) bond motifs is 1. The van der Waals surface area contributed by atoms with Crippen LogP contribution in [-0.4, -0.2) is 20.6 Å². The Bertz CT molecular complexity index is 975. The van der Waals surface area contributed by atoms with Gasteiger partial charge >= 0.3 is 5.97 Å². The van der Waals surface area contributed by atoms with Crippen molar-refractivity contribution < 1.29 is 9.90 Å². The number of aliphatic carboxylic acids is 1. The third kappa shape index (κ3) is 4.01. The van der Waals surface area contributed by atoms with Gasteiger partial charge in [-0.3, -0.25) is 14.2 Å². The molecule has 0 spiro atoms. The van der Waals surface area contributed by atoms with Crippen LogP contribution in [0.3, 0.4) is 0 Å². The Balaban J connectivity index is 2.03. The van der Waals surface area contributed by atoms with E-state index in [4.69, 9.17) is 5.11 Å². The molecule has 0 fully saturated rings. The normalized spacial score (nSPS) is 11.2. The average Bonchev–Trinajstić information content (AvgIpc) is 2.63. The number of nitrogens with zero attached hydrogens (tertiary/aromatic N) is 2. The van der Waals surface area contributed by atoms with Gasteiger partial charge in [0.05, 0.1) is 10.9 Å². The number of carbonyl (C=O) groups is 1. The number of aromatic nitrogens is 2. The van der Waals surface area contributed by atoms with E-state index in [9.17, 15) is 9.59 Å². The predicted octanol–water partition coefficient (Wildman–Crippen LogP) is 3.43. The van der Waals surface area contributed by atoms with Gasteiger partial charge in [0, 0.05) is 13.0 Å². The summed E-state index contributed by atoms with van der Waals surface area (Å²) < 4.78 is 1.55. The van der Waals surface area contributed by atoms with E-state index in [1.54, 1.807) is 28.8 Å². The third-order valence-corrected chi connectivity index (χ3v) is 3.89. The van der Waals surface area contributed by atoms with Crippen LogP contribution < -0.4 is 5.56 Å². The van der Waals surface area contributed by atoms with Crippen LogP contribution in [-0.2, 0) is 11.3 Å². The van der Waals surface area contributed by atoms with Crippen molar-refractivity contribution in [2.75, 3.05) is 0 Å². The zero-order valence-corrected chi connectivity index (χ0v) is 13.6. The van der Waals surface area contributed by atoms with Gasteiger partial charge in [0.25, 0.3) is 5.56 Å². The Hall–Kier alpha value is -3.21. The van der Waals surface area contributed by atoms with Crippen molar-refractivity contribution >= 4 is 29.0 Å². The fraction of sp³-hybridized carbons (Fsp3) is 0.150. The van der Waals surface area contributed by atoms with Crippen molar-refractivity contribution in [3.05, 3.63) is 76.3 Å². The molecule has 0 radical (unpaired) electrons. The predicted molar refractivity (Wildman–Crippen MR) is 98.2 cm³/mol. The number of hydrogen-bond acceptors (Lipinski definition) is 3. The van der Waals surface area contributed by atoms with Crippen LogP contribution >= 0.6 is 0 Å². The highest BCUT2D eigenvalue weighted by Crippen LogP contribution is 2.12. The molecule has 1 aromatic heterocycles. The molecule has 0 saturated carbocycles. The number of hydrogen-bond donors (Lipinski definition) is 1. The van der Waals surface area contributed by atoms with Gasteiger partial charge in [0.15, 0.2) is 0 Å². The summed E-state index contributed by atoms with van der Waals surface area (Å²) in [5.41, 5.74) is 1.49. The fourth-order valence-corrected chi connectivity index (χ4v) is 2.65. The molecule has 5 nitrogen and oxygen atoms in total. The number of rotatable bonds is 6. The van der Waals surface area contributed by atoms with Crippen LogP contribution in [0, 0.1) is 0 Å². The van der Waals surface area contributed by atoms with Gasteiger partial charge in [0.1, 0.15) is 5.82 Å². The Morgan fingerprint density at radius 3 is 2.52 bits per heavy atom. The monoisotopic (exact) mass is 334 g/mol. The SMILES string of the molecule is O=C(O)CCCn1c(/C=C\c2ccccc2)nc2ccccc2c1=O. The van der Waals surface area contributed by atoms with E-state index in [0.717, 1.165) is 5.56 Å². The van der Waals surface area contributed by atoms with Crippen molar-refractivity contribution in [1.82, 2.24) is 9.55 Å². The summed E-state index contributed by atoms with van der Waals surface area (Å²) in [6, 6.07) is 16.9. The summed E-state index contributed by atoms with van der Waals surface area (Å²) >= 11 is 0. The van der Waals surface area contributed by atoms with E-state index in [0.29, 0.717) is 29.7 Å². The molecule has 0 aliphatic heterocycles. The summed E-state index contributed by atoms with van der Waals surface area (Å²) in [5, 5.41) is 9.37. The number of carboxylic acids is 1. The van der Waals surface area contributed by atoms with Crippen LogP contribution in [0.2, 0.25) is 0 Å². The van der Waals surface area contributed by atoms with E-state index in [2.05, 4.69) is 4.98 Å². The molecule has 126 valence electrons. The molecule has 5 heteroatoms. The molecule has 0 bridgehead atoms. The third-order valence-electron chi connectivity index (χ3n) is 3.89. The number of carboxylic acid groups (broad SMARTS) is 1. The lowest BCUT2D eigenvalue weighted by atomic mass is 10.2. The van der Waals surface area contributed by atoms with Crippen LogP contribution in [0.1, 0.15) is 24.2 Å². The quantitative estimate of drug-likeness (QED) is 0.749. The van der Waals surface area contributed by atoms with Gasteiger partial charge in [-0.05, 0) is 30.2 Å². The van der Waals surface area contributed by atoms with E-state index < -0.39 is 5.97 Å². The number of benzene rings is 2. The van der Waals surface area contributed by atoms with Gasteiger partial charge < -0.3 is 5.11 Å². The fourth-order valence-electron chi connectivity index (χ4n) is 2.65. The van der Waals surface area contributed by atoms with Gasteiger partial charge in [-0.25, -0.2) is 4.98 Å². The lowest BCUT2D eigenvalue weighted by Crippen LogP contribution is -2.24. The summed E-state index contributed by atoms with van der Waals surface area (Å²) in [6.07, 6.45) is 4.08. The van der Waals surface area contributed by atoms with Crippen molar-refractivity contribution in [2.24, 2.45) is 0 Å². The summed E-state index contributed by atoms with van der Waals surface area (Å²) in [4.78, 5) is 28.1. The van der Waals surface area contributed by atoms with Crippen LogP contribution in [0.5, 0.6) is 0 Å². The second-order valence-corrected chi connectivity index (χ2v) is 5.69. The first-order valence-electron chi connectivity index (χ1n) is 8.09. The Morgan fingerprint density at radius 2 is 1.76 bits per heavy atom. The molecular formula is C20H18N2O3. The summed E-state index contributed by atoms with van der Waals surface area (Å²) in [5.74, 6) is -0.346. The minimum atomic E-state index is -0.872. The Kier molecular flexibility index (Phi) is 5.04. The molecule has 1 N–H and O–H groups in total. The van der Waals surface area contributed by atoms with Gasteiger partial charge in [-0.1, -0.05) is 48.5 Å². The highest BCUT2D eigenvalue weighted by atomic mass is 16.4. The van der Waals surface area contributed by atoms with Crippen molar-refractivity contribution in [2.45, 2.75) is 19.4 Å². The van der Waals surface area contributed by atoms with E-state index >= 15 is 0 Å². The topological polar surface area (TPSA) is 72.2 Å². The summed E-state index contributed by atoms with van der Waals surface area (Å²) in [7, 11) is 0. The number of para-hydroxylation sites is 1. The van der Waals surface area contributed by atoms with Crippen LogP contribution in [0.4, 0.5) is 0 Å². The Morgan fingerprint density at radius 1 is 1.04 bits per heavy atom. The molecular weight excluding hydrogens is 316 g/mol. The van der Waals surface area contributed by atoms with Gasteiger partial charge in [0.2, 0.25) is 0 Å². The molecule has 0 saturated heterocycles. The smallest absolute Gasteiger partial charge is 0.303 e. The van der Waals surface area contributed by atoms with Crippen LogP contribution in [0.25, 0.3) is 23.1 Å². The lowest BCUT2D eigenvalue weighted by molar-refractivity contribution is -0.137. The second-order valence-electron chi connectivity index (χ2n) is 5.69. The highest BCUT2D eigenvalue weighted by molar-refractivity contribution is 5.79. The van der Waals surface area contributed by atoms with E-state index in [1.807, 2.05) is 42.5 Å². The van der Waals surface area contributed by atoms with Gasteiger partial charge in [-0.15, -0.1) is 0 Å². The van der Waals surface area contributed by atoms with Gasteiger partial charge in [-0.2, -0.15) is 0 Å². The maximum Gasteiger partial charge on any atom is 0.303 e. The highest BCUT2D eigenvalue weighted by Gasteiger charge is 2.09. The molecule has 0 atom stereocenters. The standard InChI is InChI=1S/C20H18N2O3/c23-19(24)11-6-14-22-18(13-12-15-7-2-1-3-8-15)21-17-10-5-4-9-16(17)20(22)25/h1-5,7-10,12-13H,6,11,14H2,(H,23,24)/b13-12-. The van der Waals surface area contributed by atoms with Crippen molar-refractivity contribution in [3.63, 3.8) is 0 Å². The molecule has 0 amide bonds. The summed E-state index contributed by atoms with van der Waals surface area (Å²) in [6.45, 7) is 0.317. The maximum atomic E-state index is 12.8. The molecule has 3 rings (SSSR count). The minimum absolute atomic E-state index is 0.0150. The molecule has 3 aromatic rings. The first-order valence-corrected chi connectivity index (χ1v) is 8.09. The molecule has 0 aliphatic carbocycles. The molecule has 0 aliphatic rings. The zero-order chi connectivity index (χ0) is 17.6. The van der Waals surface area contributed by atoms with E-state index in [1.165, 1.54) is 0 Å². The molecule has 2 aromatic carbocycles. The largest absolute Gasteiger partial charge is 0.481 e. The molecule has 1 heterocycles. The zero-order valence-electron chi connectivity index (χ0n) is 13.6. The first-order chi connectivity index (χ1) is 12.1. The van der Waals surface area contributed by atoms with Crippen molar-refractivity contribution in [1.29, 1.82) is 0 Å². The Labute approximate surface area is 144 Å². The minimum Gasteiger partial charge on any atom is -0.481 e. The second kappa shape index (κ2) is 7.57. The van der Waals surface area contributed by atoms with Crippen molar-refractivity contribution in [3.8, 4) is 0 Å². The first kappa shape index (κ1) is 16.6. The molecule has 25 heavy (non-hydrogen) atoms. The van der Waals surface area contributed by atoms with E-state index in [-0.39, 0.29) is 12.0 Å². The average molecular weight is 334 g/mol. The maximum absolute atomic E-state index is 12.8. The lowest BCUT2D eigenvalue weighted by Gasteiger charge is -2.10. The molecule has 0 unspecified atom stereocenters. The van der Waals surface area contributed by atoms with Crippen LogP contribution in [0.15, 0.2) is 59.4 Å².